The number of rotatable bonds is 1. The molecule has 1 unspecified atom stereocenters. The number of nitrogens with zero attached hydrogens (tertiary/aromatic N) is 1. The van der Waals surface area contributed by atoms with Gasteiger partial charge in [0.25, 0.3) is 0 Å². The van der Waals surface area contributed by atoms with Crippen LogP contribution in [0.5, 0.6) is 0 Å². The highest BCUT2D eigenvalue weighted by molar-refractivity contribution is 6.01. The van der Waals surface area contributed by atoms with Gasteiger partial charge in [-0.3, -0.25) is 0 Å². The Hall–Kier alpha value is -2.06. The first-order valence-electron chi connectivity index (χ1n) is 8.14. The third-order valence-corrected chi connectivity index (χ3v) is 5.17. The fraction of sp³-hybridized carbons (Fsp3) is 0.300. The summed E-state index contributed by atoms with van der Waals surface area (Å²) in [5.74, 6) is 0.613. The van der Waals surface area contributed by atoms with E-state index in [9.17, 15) is 0 Å². The first-order valence-corrected chi connectivity index (χ1v) is 8.14. The highest BCUT2D eigenvalue weighted by atomic mass is 15.1. The number of fused-ring (bicyclic) bond motifs is 4. The van der Waals surface area contributed by atoms with Crippen molar-refractivity contribution in [2.45, 2.75) is 19.3 Å². The molecule has 2 N–H and O–H groups in total. The van der Waals surface area contributed by atoms with Crippen LogP contribution in [0.3, 0.4) is 0 Å². The quantitative estimate of drug-likeness (QED) is 0.841. The standard InChI is InChI=1S/C20H22N2/c1-22-19-8-4-2-6-16(19)15-11-10-14(13-21)12-18(15)17-7-3-5-9-20(17)22/h2-9,14H,10-13,21H2,1H3. The molecule has 4 rings (SSSR count). The Balaban J connectivity index is 2.00. The normalized spacial score (nSPS) is 20.1. The molecule has 2 heteroatoms. The van der Waals surface area contributed by atoms with Crippen LogP contribution in [0.2, 0.25) is 0 Å². The molecule has 2 aliphatic rings. The van der Waals surface area contributed by atoms with Crippen LogP contribution in [0.1, 0.15) is 30.4 Å². The van der Waals surface area contributed by atoms with Gasteiger partial charge in [0.15, 0.2) is 0 Å². The number of hydrogen-bond donors (Lipinski definition) is 1. The lowest BCUT2D eigenvalue weighted by atomic mass is 9.78. The van der Waals surface area contributed by atoms with E-state index in [1.807, 2.05) is 0 Å². The summed E-state index contributed by atoms with van der Waals surface area (Å²) in [5.41, 5.74) is 14.4. The van der Waals surface area contributed by atoms with Crippen LogP contribution < -0.4 is 10.6 Å². The third-order valence-electron chi connectivity index (χ3n) is 5.17. The molecule has 0 bridgehead atoms. The lowest BCUT2D eigenvalue weighted by Crippen LogP contribution is -2.18. The van der Waals surface area contributed by atoms with E-state index in [1.54, 1.807) is 0 Å². The predicted molar refractivity (Wildman–Crippen MR) is 94.2 cm³/mol. The fourth-order valence-corrected chi connectivity index (χ4v) is 3.96. The first kappa shape index (κ1) is 13.6. The van der Waals surface area contributed by atoms with Crippen LogP contribution in [-0.2, 0) is 0 Å². The molecule has 112 valence electrons. The second kappa shape index (κ2) is 5.29. The molecular formula is C20H22N2. The minimum absolute atomic E-state index is 0.613. The highest BCUT2D eigenvalue weighted by Gasteiger charge is 2.28. The van der Waals surface area contributed by atoms with E-state index in [4.69, 9.17) is 5.73 Å². The van der Waals surface area contributed by atoms with Crippen LogP contribution in [0.15, 0.2) is 48.5 Å². The van der Waals surface area contributed by atoms with Crippen LogP contribution in [0.4, 0.5) is 11.4 Å². The Labute approximate surface area is 132 Å². The van der Waals surface area contributed by atoms with Gasteiger partial charge in [0.05, 0.1) is 0 Å². The number of hydrogen-bond acceptors (Lipinski definition) is 2. The molecule has 2 aromatic rings. The van der Waals surface area contributed by atoms with Crippen molar-refractivity contribution >= 4 is 22.5 Å². The fourth-order valence-electron chi connectivity index (χ4n) is 3.96. The van der Waals surface area contributed by atoms with Gasteiger partial charge in [-0.05, 0) is 55.0 Å². The lowest BCUT2D eigenvalue weighted by Gasteiger charge is -2.26. The molecular weight excluding hydrogens is 268 g/mol. The van der Waals surface area contributed by atoms with Gasteiger partial charge in [-0.25, -0.2) is 0 Å². The van der Waals surface area contributed by atoms with Crippen molar-refractivity contribution in [3.8, 4) is 0 Å². The van der Waals surface area contributed by atoms with Gasteiger partial charge < -0.3 is 10.6 Å². The summed E-state index contributed by atoms with van der Waals surface area (Å²) in [4.78, 5) is 2.33. The van der Waals surface area contributed by atoms with Gasteiger partial charge >= 0.3 is 0 Å². The van der Waals surface area contributed by atoms with Crippen molar-refractivity contribution in [2.24, 2.45) is 11.7 Å². The largest absolute Gasteiger partial charge is 0.344 e. The molecule has 0 fully saturated rings. The van der Waals surface area contributed by atoms with Crippen molar-refractivity contribution in [1.82, 2.24) is 0 Å². The van der Waals surface area contributed by atoms with Gasteiger partial charge in [0.2, 0.25) is 0 Å². The Morgan fingerprint density at radius 2 is 1.55 bits per heavy atom. The van der Waals surface area contributed by atoms with Gasteiger partial charge in [-0.1, -0.05) is 36.4 Å². The Bertz CT molecular complexity index is 745. The van der Waals surface area contributed by atoms with Crippen LogP contribution in [0, 0.1) is 5.92 Å². The van der Waals surface area contributed by atoms with E-state index in [0.717, 1.165) is 19.4 Å². The van der Waals surface area contributed by atoms with Gasteiger partial charge in [-0.2, -0.15) is 0 Å². The van der Waals surface area contributed by atoms with Crippen molar-refractivity contribution in [1.29, 1.82) is 0 Å². The number of anilines is 2. The molecule has 1 aliphatic heterocycles. The van der Waals surface area contributed by atoms with E-state index >= 15 is 0 Å². The van der Waals surface area contributed by atoms with Gasteiger partial charge in [0.1, 0.15) is 0 Å². The zero-order valence-electron chi connectivity index (χ0n) is 13.0. The van der Waals surface area contributed by atoms with Crippen molar-refractivity contribution in [3.05, 3.63) is 59.7 Å². The van der Waals surface area contributed by atoms with E-state index in [-0.39, 0.29) is 0 Å². The summed E-state index contributed by atoms with van der Waals surface area (Å²) in [6.45, 7) is 0.788. The molecule has 2 aromatic carbocycles. The molecule has 0 saturated heterocycles. The maximum absolute atomic E-state index is 5.97. The van der Waals surface area contributed by atoms with Crippen molar-refractivity contribution in [3.63, 3.8) is 0 Å². The maximum Gasteiger partial charge on any atom is 0.0484 e. The van der Waals surface area contributed by atoms with Crippen molar-refractivity contribution in [2.75, 3.05) is 18.5 Å². The molecule has 0 saturated carbocycles. The predicted octanol–water partition coefficient (Wildman–Crippen LogP) is 4.44. The average molecular weight is 290 g/mol. The zero-order valence-corrected chi connectivity index (χ0v) is 13.0. The van der Waals surface area contributed by atoms with E-state index in [0.29, 0.717) is 5.92 Å². The van der Waals surface area contributed by atoms with Gasteiger partial charge in [-0.15, -0.1) is 0 Å². The molecule has 22 heavy (non-hydrogen) atoms. The first-order chi connectivity index (χ1) is 10.8. The molecule has 0 aromatic heterocycles. The summed E-state index contributed by atoms with van der Waals surface area (Å²) in [5, 5.41) is 0. The van der Waals surface area contributed by atoms with Crippen molar-refractivity contribution < 1.29 is 0 Å². The zero-order chi connectivity index (χ0) is 15.1. The summed E-state index contributed by atoms with van der Waals surface area (Å²) < 4.78 is 0. The Morgan fingerprint density at radius 1 is 0.955 bits per heavy atom. The third kappa shape index (κ3) is 1.98. The summed E-state index contributed by atoms with van der Waals surface area (Å²) in [6.07, 6.45) is 3.44. The number of nitrogens with two attached hydrogens (primary N) is 1. The van der Waals surface area contributed by atoms with Gasteiger partial charge in [0, 0.05) is 29.5 Å². The molecule has 1 aliphatic carbocycles. The minimum Gasteiger partial charge on any atom is -0.344 e. The van der Waals surface area contributed by atoms with Crippen LogP contribution in [-0.4, -0.2) is 13.6 Å². The molecule has 0 radical (unpaired) electrons. The molecule has 1 heterocycles. The Morgan fingerprint density at radius 3 is 2.18 bits per heavy atom. The molecule has 1 atom stereocenters. The number of allylic oxidation sites excluding steroid dienone is 2. The van der Waals surface area contributed by atoms with E-state index < -0.39 is 0 Å². The Kier molecular flexibility index (Phi) is 3.27. The monoisotopic (exact) mass is 290 g/mol. The lowest BCUT2D eigenvalue weighted by molar-refractivity contribution is 0.505. The minimum atomic E-state index is 0.613. The smallest absolute Gasteiger partial charge is 0.0484 e. The second-order valence-electron chi connectivity index (χ2n) is 6.39. The average Bonchev–Trinajstić information content (AvgIpc) is 2.70. The maximum atomic E-state index is 5.97. The highest BCUT2D eigenvalue weighted by Crippen LogP contribution is 2.49. The molecule has 0 amide bonds. The molecule has 2 nitrogen and oxygen atoms in total. The molecule has 0 spiro atoms. The topological polar surface area (TPSA) is 29.3 Å². The second-order valence-corrected chi connectivity index (χ2v) is 6.39. The number of para-hydroxylation sites is 2. The van der Waals surface area contributed by atoms with Crippen LogP contribution in [0.25, 0.3) is 11.1 Å². The van der Waals surface area contributed by atoms with E-state index in [1.165, 1.54) is 40.1 Å². The summed E-state index contributed by atoms with van der Waals surface area (Å²) in [7, 11) is 2.18. The summed E-state index contributed by atoms with van der Waals surface area (Å²) >= 11 is 0. The van der Waals surface area contributed by atoms with E-state index in [2.05, 4.69) is 60.5 Å². The SMILES string of the molecule is CN1c2ccccc2C2=C(CC(CN)CC2)c2ccccc21. The number of benzene rings is 2. The van der Waals surface area contributed by atoms with Crippen LogP contribution >= 0.6 is 0 Å². The summed E-state index contributed by atoms with van der Waals surface area (Å²) in [6, 6.07) is 17.6.